The molecule has 2 aromatic carbocycles. The molecule has 0 radical (unpaired) electrons. The van der Waals surface area contributed by atoms with Crippen LogP contribution in [0.4, 0.5) is 0 Å². The quantitative estimate of drug-likeness (QED) is 0.326. The van der Waals surface area contributed by atoms with Crippen LogP contribution in [0.1, 0.15) is 32.3 Å². The van der Waals surface area contributed by atoms with E-state index in [2.05, 4.69) is 17.6 Å². The minimum atomic E-state index is 0. The number of carbonyl (C=O) groups is 1. The maximum atomic E-state index is 11.9. The van der Waals surface area contributed by atoms with Gasteiger partial charge in [0.05, 0.1) is 6.54 Å². The number of guanidine groups is 1. The van der Waals surface area contributed by atoms with Crippen LogP contribution in [-0.2, 0) is 11.3 Å². The van der Waals surface area contributed by atoms with Crippen LogP contribution in [0.15, 0.2) is 59.6 Å². The first-order chi connectivity index (χ1) is 14.2. The zero-order valence-corrected chi connectivity index (χ0v) is 20.0. The van der Waals surface area contributed by atoms with Crippen molar-refractivity contribution in [2.24, 2.45) is 4.99 Å². The molecule has 3 rings (SSSR count). The zero-order chi connectivity index (χ0) is 20.5. The van der Waals surface area contributed by atoms with E-state index in [1.807, 2.05) is 66.4 Å². The van der Waals surface area contributed by atoms with Gasteiger partial charge in [-0.2, -0.15) is 0 Å². The van der Waals surface area contributed by atoms with E-state index in [1.54, 1.807) is 0 Å². The Kier molecular flexibility index (Phi) is 9.93. The van der Waals surface area contributed by atoms with Crippen molar-refractivity contribution in [2.45, 2.75) is 39.3 Å². The lowest BCUT2D eigenvalue weighted by Crippen LogP contribution is -2.45. The first-order valence-electron chi connectivity index (χ1n) is 10.3. The number of halogens is 1. The number of hydrogen-bond donors (Lipinski definition) is 2. The second-order valence-electron chi connectivity index (χ2n) is 7.08. The van der Waals surface area contributed by atoms with Crippen LogP contribution in [0.2, 0.25) is 0 Å². The number of carbonyl (C=O) groups excluding carboxylic acids is 1. The van der Waals surface area contributed by atoms with Gasteiger partial charge in [0.15, 0.2) is 5.96 Å². The van der Waals surface area contributed by atoms with Crippen molar-refractivity contribution in [3.63, 3.8) is 0 Å². The number of para-hydroxylation sites is 1. The topological polar surface area (TPSA) is 66.0 Å². The number of hydrogen-bond acceptors (Lipinski definition) is 3. The molecule has 0 saturated carbocycles. The molecule has 1 atom stereocenters. The minimum Gasteiger partial charge on any atom is -0.457 e. The second kappa shape index (κ2) is 12.4. The molecule has 0 spiro atoms. The number of benzene rings is 2. The molecule has 1 unspecified atom stereocenters. The largest absolute Gasteiger partial charge is 0.457 e. The van der Waals surface area contributed by atoms with E-state index in [9.17, 15) is 4.79 Å². The lowest BCUT2D eigenvalue weighted by Gasteiger charge is -2.18. The van der Waals surface area contributed by atoms with Crippen molar-refractivity contribution in [3.05, 3.63) is 60.2 Å². The van der Waals surface area contributed by atoms with Gasteiger partial charge >= 0.3 is 0 Å². The molecule has 0 aliphatic carbocycles. The van der Waals surface area contributed by atoms with Gasteiger partial charge < -0.3 is 20.3 Å². The number of likely N-dealkylation sites (tertiary alicyclic amines) is 1. The van der Waals surface area contributed by atoms with Crippen LogP contribution < -0.4 is 15.4 Å². The fourth-order valence-electron chi connectivity index (χ4n) is 3.30. The molecule has 1 amide bonds. The molecule has 0 bridgehead atoms. The zero-order valence-electron chi connectivity index (χ0n) is 17.6. The lowest BCUT2D eigenvalue weighted by molar-refractivity contribution is -0.129. The summed E-state index contributed by atoms with van der Waals surface area (Å²) in [6.07, 6.45) is 1.51. The third kappa shape index (κ3) is 7.19. The molecule has 2 N–H and O–H groups in total. The summed E-state index contributed by atoms with van der Waals surface area (Å²) < 4.78 is 5.83. The average molecular weight is 522 g/mol. The van der Waals surface area contributed by atoms with Crippen molar-refractivity contribution in [1.29, 1.82) is 0 Å². The Balaban J connectivity index is 0.00000320. The van der Waals surface area contributed by atoms with Gasteiger partial charge in [-0.25, -0.2) is 4.99 Å². The van der Waals surface area contributed by atoms with Crippen LogP contribution in [0.5, 0.6) is 11.5 Å². The standard InChI is InChI=1S/C23H30N4O2.HI/c1-3-22(28)27-15-14-19(17-27)26-23(24-4-2)25-16-18-10-12-21(13-11-18)29-20-8-6-5-7-9-20;/h5-13,19H,3-4,14-17H2,1-2H3,(H2,24,25,26);1H. The van der Waals surface area contributed by atoms with E-state index < -0.39 is 0 Å². The predicted octanol–water partition coefficient (Wildman–Crippen LogP) is 4.16. The van der Waals surface area contributed by atoms with Crippen LogP contribution in [0.25, 0.3) is 0 Å². The highest BCUT2D eigenvalue weighted by atomic mass is 127. The van der Waals surface area contributed by atoms with E-state index in [0.717, 1.165) is 49.1 Å². The fraction of sp³-hybridized carbons (Fsp3) is 0.391. The number of amides is 1. The summed E-state index contributed by atoms with van der Waals surface area (Å²) >= 11 is 0. The number of nitrogens with zero attached hydrogens (tertiary/aromatic N) is 2. The highest BCUT2D eigenvalue weighted by molar-refractivity contribution is 14.0. The molecule has 7 heteroatoms. The smallest absolute Gasteiger partial charge is 0.222 e. The van der Waals surface area contributed by atoms with Crippen molar-refractivity contribution in [2.75, 3.05) is 19.6 Å². The van der Waals surface area contributed by atoms with Crippen LogP contribution in [-0.4, -0.2) is 42.4 Å². The fourth-order valence-corrected chi connectivity index (χ4v) is 3.30. The van der Waals surface area contributed by atoms with Crippen molar-refractivity contribution in [1.82, 2.24) is 15.5 Å². The summed E-state index contributed by atoms with van der Waals surface area (Å²) in [7, 11) is 0. The summed E-state index contributed by atoms with van der Waals surface area (Å²) in [6, 6.07) is 18.0. The summed E-state index contributed by atoms with van der Waals surface area (Å²) in [5.41, 5.74) is 1.11. The normalized spacial score (nSPS) is 16.0. The molecule has 1 aliphatic rings. The number of rotatable bonds is 7. The van der Waals surface area contributed by atoms with Gasteiger partial charge in [0.2, 0.25) is 5.91 Å². The molecule has 162 valence electrons. The van der Waals surface area contributed by atoms with E-state index in [1.165, 1.54) is 0 Å². The third-order valence-electron chi connectivity index (χ3n) is 4.85. The minimum absolute atomic E-state index is 0. The molecule has 1 fully saturated rings. The monoisotopic (exact) mass is 522 g/mol. The number of ether oxygens (including phenoxy) is 1. The Labute approximate surface area is 196 Å². The van der Waals surface area contributed by atoms with Crippen LogP contribution >= 0.6 is 24.0 Å². The van der Waals surface area contributed by atoms with E-state index in [0.29, 0.717) is 13.0 Å². The van der Waals surface area contributed by atoms with Gasteiger partial charge in [-0.05, 0) is 43.2 Å². The van der Waals surface area contributed by atoms with Crippen molar-refractivity contribution in [3.8, 4) is 11.5 Å². The van der Waals surface area contributed by atoms with Gasteiger partial charge in [0.25, 0.3) is 0 Å². The molecular weight excluding hydrogens is 491 g/mol. The van der Waals surface area contributed by atoms with Crippen LogP contribution in [0, 0.1) is 0 Å². The molecule has 30 heavy (non-hydrogen) atoms. The Morgan fingerprint density at radius 2 is 1.80 bits per heavy atom. The first kappa shape index (κ1) is 24.0. The maximum absolute atomic E-state index is 11.9. The average Bonchev–Trinajstić information content (AvgIpc) is 3.22. The summed E-state index contributed by atoms with van der Waals surface area (Å²) in [5.74, 6) is 2.63. The number of nitrogens with one attached hydrogen (secondary N) is 2. The molecule has 1 heterocycles. The summed E-state index contributed by atoms with van der Waals surface area (Å²) in [6.45, 7) is 6.87. The predicted molar refractivity (Wildman–Crippen MR) is 132 cm³/mol. The molecule has 0 aromatic heterocycles. The van der Waals surface area contributed by atoms with E-state index >= 15 is 0 Å². The molecule has 6 nitrogen and oxygen atoms in total. The third-order valence-corrected chi connectivity index (χ3v) is 4.85. The van der Waals surface area contributed by atoms with Crippen molar-refractivity contribution < 1.29 is 9.53 Å². The van der Waals surface area contributed by atoms with Crippen molar-refractivity contribution >= 4 is 35.8 Å². The SMILES string of the molecule is CCNC(=NCc1ccc(Oc2ccccc2)cc1)NC1CCN(C(=O)CC)C1.I. The van der Waals surface area contributed by atoms with Gasteiger partial charge in [-0.15, -0.1) is 24.0 Å². The lowest BCUT2D eigenvalue weighted by atomic mass is 10.2. The molecular formula is C23H31IN4O2. The van der Waals surface area contributed by atoms with E-state index in [-0.39, 0.29) is 35.9 Å². The highest BCUT2D eigenvalue weighted by Crippen LogP contribution is 2.21. The van der Waals surface area contributed by atoms with Gasteiger partial charge in [-0.3, -0.25) is 4.79 Å². The Hall–Kier alpha value is -2.29. The molecule has 1 aliphatic heterocycles. The summed E-state index contributed by atoms with van der Waals surface area (Å²) in [4.78, 5) is 18.5. The first-order valence-corrected chi connectivity index (χ1v) is 10.3. The Bertz CT molecular complexity index is 812. The van der Waals surface area contributed by atoms with Crippen LogP contribution in [0.3, 0.4) is 0 Å². The van der Waals surface area contributed by atoms with Gasteiger partial charge in [-0.1, -0.05) is 37.3 Å². The van der Waals surface area contributed by atoms with E-state index in [4.69, 9.17) is 9.73 Å². The molecule has 2 aromatic rings. The highest BCUT2D eigenvalue weighted by Gasteiger charge is 2.25. The Morgan fingerprint density at radius 3 is 2.47 bits per heavy atom. The van der Waals surface area contributed by atoms with Gasteiger partial charge in [0.1, 0.15) is 11.5 Å². The maximum Gasteiger partial charge on any atom is 0.222 e. The second-order valence-corrected chi connectivity index (χ2v) is 7.08. The number of aliphatic imine (C=N–C) groups is 1. The van der Waals surface area contributed by atoms with Gasteiger partial charge in [0, 0.05) is 32.1 Å². The molecule has 1 saturated heterocycles. The summed E-state index contributed by atoms with van der Waals surface area (Å²) in [5, 5.41) is 6.75. The Morgan fingerprint density at radius 1 is 1.10 bits per heavy atom.